The number of ketones is 2. The fraction of sp³-hybridized carbons (Fsp3) is 0.345. The fourth-order valence-corrected chi connectivity index (χ4v) is 6.70. The van der Waals surface area contributed by atoms with Crippen molar-refractivity contribution in [1.29, 1.82) is 0 Å². The molecule has 1 amide bonds. The fourth-order valence-electron chi connectivity index (χ4n) is 5.25. The van der Waals surface area contributed by atoms with Gasteiger partial charge in [0.25, 0.3) is 5.91 Å². The Labute approximate surface area is 232 Å². The van der Waals surface area contributed by atoms with E-state index in [9.17, 15) is 14.4 Å². The van der Waals surface area contributed by atoms with Crippen LogP contribution in [0.5, 0.6) is 5.75 Å². The van der Waals surface area contributed by atoms with E-state index in [4.69, 9.17) is 9.47 Å². The normalized spacial score (nSPS) is 17.8. The minimum atomic E-state index is -0.464. The van der Waals surface area contributed by atoms with Gasteiger partial charge in [-0.2, -0.15) is 0 Å². The molecule has 1 aliphatic heterocycles. The van der Waals surface area contributed by atoms with Crippen molar-refractivity contribution in [3.05, 3.63) is 78.6 Å². The second kappa shape index (κ2) is 10.6. The zero-order valence-corrected chi connectivity index (χ0v) is 23.9. The maximum atomic E-state index is 13.0. The van der Waals surface area contributed by atoms with Gasteiger partial charge in [-0.15, -0.1) is 0 Å². The lowest BCUT2D eigenvalue weighted by atomic mass is 9.73. The van der Waals surface area contributed by atoms with Gasteiger partial charge < -0.3 is 14.8 Å². The van der Waals surface area contributed by atoms with Gasteiger partial charge in [0.1, 0.15) is 17.3 Å². The van der Waals surface area contributed by atoms with E-state index in [2.05, 4.69) is 37.2 Å². The zero-order chi connectivity index (χ0) is 26.3. The number of halogens is 2. The number of rotatable bonds is 5. The third kappa shape index (κ3) is 5.06. The number of aryl methyl sites for hydroxylation is 1. The molecular weight excluding hydrogens is 602 g/mol. The molecule has 0 saturated carbocycles. The van der Waals surface area contributed by atoms with Gasteiger partial charge in [-0.25, -0.2) is 0 Å². The Kier molecular flexibility index (Phi) is 7.41. The van der Waals surface area contributed by atoms with Crippen LogP contribution in [0.2, 0.25) is 0 Å². The highest BCUT2D eigenvalue weighted by Crippen LogP contribution is 2.49. The van der Waals surface area contributed by atoms with Crippen molar-refractivity contribution >= 4 is 55.0 Å². The molecule has 0 bridgehead atoms. The van der Waals surface area contributed by atoms with Crippen molar-refractivity contribution in [2.75, 3.05) is 11.9 Å². The molecule has 1 heterocycles. The van der Waals surface area contributed by atoms with Crippen LogP contribution in [-0.2, 0) is 19.1 Å². The second-order valence-corrected chi connectivity index (χ2v) is 11.4. The summed E-state index contributed by atoms with van der Waals surface area (Å²) in [5.74, 6) is 1.20. The number of nitrogens with one attached hydrogen (secondary N) is 1. The summed E-state index contributed by atoms with van der Waals surface area (Å²) in [7, 11) is 0. The Bertz CT molecular complexity index is 1330. The predicted octanol–water partition coefficient (Wildman–Crippen LogP) is 6.97. The van der Waals surface area contributed by atoms with Gasteiger partial charge in [-0.1, -0.05) is 12.1 Å². The number of carbonyl (C=O) groups excluding carboxylic acids is 3. The number of carbonyl (C=O) groups is 3. The number of ether oxygens (including phenoxy) is 2. The summed E-state index contributed by atoms with van der Waals surface area (Å²) in [5, 5.41) is 2.90. The molecule has 192 valence electrons. The van der Waals surface area contributed by atoms with Crippen molar-refractivity contribution in [3.8, 4) is 5.75 Å². The number of benzene rings is 2. The molecule has 0 spiro atoms. The molecule has 2 aromatic rings. The third-order valence-electron chi connectivity index (χ3n) is 7.22. The largest absolute Gasteiger partial charge is 0.481 e. The lowest BCUT2D eigenvalue weighted by Crippen LogP contribution is -2.30. The molecule has 3 aliphatic rings. The van der Waals surface area contributed by atoms with Crippen LogP contribution in [0.1, 0.15) is 61.1 Å². The molecule has 37 heavy (non-hydrogen) atoms. The number of allylic oxidation sites excluding steroid dienone is 4. The summed E-state index contributed by atoms with van der Waals surface area (Å²) in [6.07, 6.45) is 3.81. The molecule has 1 N–H and O–H groups in total. The van der Waals surface area contributed by atoms with E-state index in [0.717, 1.165) is 35.2 Å². The van der Waals surface area contributed by atoms with Crippen LogP contribution in [0.4, 0.5) is 5.69 Å². The molecule has 5 rings (SSSR count). The van der Waals surface area contributed by atoms with E-state index in [1.807, 2.05) is 44.2 Å². The maximum absolute atomic E-state index is 13.0. The number of hydrogen-bond donors (Lipinski definition) is 1. The average molecular weight is 629 g/mol. The van der Waals surface area contributed by atoms with E-state index in [1.165, 1.54) is 0 Å². The quantitative estimate of drug-likeness (QED) is 0.387. The highest BCUT2D eigenvalue weighted by atomic mass is 79.9. The minimum Gasteiger partial charge on any atom is -0.481 e. The number of hydrogen-bond acceptors (Lipinski definition) is 5. The van der Waals surface area contributed by atoms with E-state index in [-0.39, 0.29) is 24.1 Å². The number of amides is 1. The van der Waals surface area contributed by atoms with Gasteiger partial charge in [0, 0.05) is 48.4 Å². The topological polar surface area (TPSA) is 81.7 Å². The van der Waals surface area contributed by atoms with Crippen LogP contribution in [0.15, 0.2) is 61.9 Å². The molecule has 8 heteroatoms. The Morgan fingerprint density at radius 2 is 1.57 bits per heavy atom. The third-order valence-corrected chi connectivity index (χ3v) is 8.40. The van der Waals surface area contributed by atoms with Crippen molar-refractivity contribution in [3.63, 3.8) is 0 Å². The van der Waals surface area contributed by atoms with Crippen LogP contribution in [-0.4, -0.2) is 24.1 Å². The van der Waals surface area contributed by atoms with Crippen LogP contribution >= 0.6 is 31.9 Å². The lowest BCUT2D eigenvalue weighted by Gasteiger charge is -2.36. The van der Waals surface area contributed by atoms with Crippen LogP contribution in [0.25, 0.3) is 0 Å². The van der Waals surface area contributed by atoms with Gasteiger partial charge >= 0.3 is 0 Å². The molecule has 0 aromatic heterocycles. The molecule has 2 aromatic carbocycles. The monoisotopic (exact) mass is 627 g/mol. The Morgan fingerprint density at radius 1 is 0.973 bits per heavy atom. The Morgan fingerprint density at radius 3 is 2.16 bits per heavy atom. The van der Waals surface area contributed by atoms with Crippen LogP contribution in [0.3, 0.4) is 0 Å². The smallest absolute Gasteiger partial charge is 0.262 e. The van der Waals surface area contributed by atoms with E-state index in [0.29, 0.717) is 63.0 Å². The molecule has 6 nitrogen and oxygen atoms in total. The molecular formula is C29H27Br2NO5. The molecule has 2 aliphatic carbocycles. The van der Waals surface area contributed by atoms with Gasteiger partial charge in [0.05, 0.1) is 8.95 Å². The first-order chi connectivity index (χ1) is 17.7. The summed E-state index contributed by atoms with van der Waals surface area (Å²) in [6, 6.07) is 9.50. The van der Waals surface area contributed by atoms with Gasteiger partial charge in [-0.05, 0) is 93.4 Å². The van der Waals surface area contributed by atoms with Crippen LogP contribution < -0.4 is 10.1 Å². The summed E-state index contributed by atoms with van der Waals surface area (Å²) >= 11 is 7.18. The first-order valence-electron chi connectivity index (χ1n) is 12.4. The molecule has 0 unspecified atom stereocenters. The second-order valence-electron chi connectivity index (χ2n) is 9.66. The zero-order valence-electron chi connectivity index (χ0n) is 20.7. The van der Waals surface area contributed by atoms with Crippen LogP contribution in [0, 0.1) is 13.8 Å². The average Bonchev–Trinajstić information content (AvgIpc) is 2.85. The molecule has 0 atom stereocenters. The SMILES string of the molecule is Cc1cccc(NC(=O)COc2c(Br)cc(C3C4=C(CCCC4=O)OC4=C3C(=O)CCC4)cc2Br)c1C. The van der Waals surface area contributed by atoms with Gasteiger partial charge in [0.2, 0.25) is 0 Å². The summed E-state index contributed by atoms with van der Waals surface area (Å²) < 4.78 is 13.3. The predicted molar refractivity (Wildman–Crippen MR) is 147 cm³/mol. The number of anilines is 1. The minimum absolute atomic E-state index is 0.0341. The summed E-state index contributed by atoms with van der Waals surface area (Å²) in [4.78, 5) is 38.7. The molecule has 0 radical (unpaired) electrons. The molecule has 0 fully saturated rings. The Balaban J connectivity index is 1.42. The maximum Gasteiger partial charge on any atom is 0.262 e. The first kappa shape index (κ1) is 25.9. The van der Waals surface area contributed by atoms with E-state index >= 15 is 0 Å². The standard InChI is InChI=1S/C29H27Br2NO5/c1-15-6-3-7-20(16(15)2)32-25(35)14-36-29-18(30)12-17(13-19(29)31)26-27-21(33)8-4-10-23(27)37-24-11-5-9-22(34)28(24)26/h3,6-7,12-13,26H,4-5,8-11,14H2,1-2H3,(H,32,35). The summed E-state index contributed by atoms with van der Waals surface area (Å²) in [6.45, 7) is 3.78. The van der Waals surface area contributed by atoms with Crippen molar-refractivity contribution < 1.29 is 23.9 Å². The molecule has 0 saturated heterocycles. The summed E-state index contributed by atoms with van der Waals surface area (Å²) in [5.41, 5.74) is 4.86. The highest BCUT2D eigenvalue weighted by Gasteiger charge is 2.42. The number of Topliss-reactive ketones (excluding diaryl/α,β-unsaturated/α-hetero) is 2. The van der Waals surface area contributed by atoms with Crippen molar-refractivity contribution in [2.24, 2.45) is 0 Å². The first-order valence-corrected chi connectivity index (χ1v) is 14.0. The lowest BCUT2D eigenvalue weighted by molar-refractivity contribution is -0.119. The van der Waals surface area contributed by atoms with Crippen molar-refractivity contribution in [2.45, 2.75) is 58.3 Å². The highest BCUT2D eigenvalue weighted by molar-refractivity contribution is 9.11. The van der Waals surface area contributed by atoms with E-state index in [1.54, 1.807) is 0 Å². The van der Waals surface area contributed by atoms with Gasteiger partial charge in [0.15, 0.2) is 18.2 Å². The van der Waals surface area contributed by atoms with Crippen molar-refractivity contribution in [1.82, 2.24) is 0 Å². The Hall–Kier alpha value is -2.71. The van der Waals surface area contributed by atoms with Gasteiger partial charge in [-0.3, -0.25) is 14.4 Å². The van der Waals surface area contributed by atoms with E-state index < -0.39 is 5.92 Å².